The Kier molecular flexibility index (Phi) is 3.67. The highest BCUT2D eigenvalue weighted by molar-refractivity contribution is 7.66. The lowest BCUT2D eigenvalue weighted by atomic mass is 10.5. The molecule has 0 aliphatic carbocycles. The molecule has 0 aromatic heterocycles. The summed E-state index contributed by atoms with van der Waals surface area (Å²) in [4.78, 5) is 21.0. The van der Waals surface area contributed by atoms with Gasteiger partial charge in [0.05, 0.1) is 0 Å². The Morgan fingerprint density at radius 3 is 1.46 bits per heavy atom. The van der Waals surface area contributed by atoms with Crippen molar-refractivity contribution in [1.82, 2.24) is 0 Å². The topological polar surface area (TPSA) is 91.7 Å². The van der Waals surface area contributed by atoms with Crippen LogP contribution in [0.2, 0.25) is 0 Å². The summed E-state index contributed by atoms with van der Waals surface area (Å²) in [6, 6.07) is 0. The van der Waals surface area contributed by atoms with E-state index in [1.165, 1.54) is 20.5 Å². The van der Waals surface area contributed by atoms with Gasteiger partial charge in [0.15, 0.2) is 0 Å². The van der Waals surface area contributed by atoms with Crippen molar-refractivity contribution in [2.75, 3.05) is 6.66 Å². The summed E-state index contributed by atoms with van der Waals surface area (Å²) in [5.74, 6) is -2.45. The maximum Gasteiger partial charge on any atom is 0.313 e. The van der Waals surface area contributed by atoms with E-state index in [0.717, 1.165) is 0 Å². The van der Waals surface area contributed by atoms with E-state index >= 15 is 0 Å². The molecule has 0 spiro atoms. The van der Waals surface area contributed by atoms with Crippen LogP contribution in [0.25, 0.3) is 0 Å². The Balaban J connectivity index is 4.86. The highest BCUT2D eigenvalue weighted by Gasteiger charge is 2.38. The van der Waals surface area contributed by atoms with Gasteiger partial charge in [-0.25, -0.2) is 0 Å². The number of rotatable bonds is 4. The second kappa shape index (κ2) is 3.92. The molecule has 2 atom stereocenters. The van der Waals surface area contributed by atoms with Crippen LogP contribution in [0.4, 0.5) is 0 Å². The second-order valence-corrected chi connectivity index (χ2v) is 6.75. The highest BCUT2D eigenvalue weighted by atomic mass is 31.2. The molecule has 0 saturated heterocycles. The fraction of sp³-hybridized carbons (Fsp3) is 0.714. The standard InChI is InChI=1S/C7H13O5P/c1-4(6(8)9)13(3,12)5(2)7(10)11/h4-5H,1-3H3,(H,8,9)(H,10,11). The predicted molar refractivity (Wildman–Crippen MR) is 47.7 cm³/mol. The zero-order valence-corrected chi connectivity index (χ0v) is 8.62. The summed E-state index contributed by atoms with van der Waals surface area (Å²) >= 11 is 0. The molecule has 0 radical (unpaired) electrons. The van der Waals surface area contributed by atoms with Gasteiger partial charge in [-0.1, -0.05) is 0 Å². The van der Waals surface area contributed by atoms with Gasteiger partial charge in [0.1, 0.15) is 18.5 Å². The molecule has 5 nitrogen and oxygen atoms in total. The molecular weight excluding hydrogens is 195 g/mol. The maximum atomic E-state index is 11.7. The number of carboxylic acids is 2. The third-order valence-electron chi connectivity index (χ3n) is 2.25. The van der Waals surface area contributed by atoms with Gasteiger partial charge in [0.2, 0.25) is 0 Å². The Bertz CT molecular complexity index is 248. The van der Waals surface area contributed by atoms with Gasteiger partial charge >= 0.3 is 11.9 Å². The zero-order chi connectivity index (χ0) is 10.8. The Labute approximate surface area is 76.1 Å². The fourth-order valence-corrected chi connectivity index (χ4v) is 2.32. The summed E-state index contributed by atoms with van der Waals surface area (Å²) in [6.45, 7) is 3.75. The zero-order valence-electron chi connectivity index (χ0n) is 7.72. The number of carbonyl (C=O) groups is 2. The molecule has 76 valence electrons. The SMILES string of the molecule is CC(C(=O)O)P(C)(=O)C(C)C(=O)O. The minimum atomic E-state index is -3.19. The molecule has 0 saturated carbocycles. The molecule has 0 heterocycles. The minimum Gasteiger partial charge on any atom is -0.481 e. The van der Waals surface area contributed by atoms with Crippen molar-refractivity contribution >= 4 is 19.1 Å². The highest BCUT2D eigenvalue weighted by Crippen LogP contribution is 2.51. The van der Waals surface area contributed by atoms with Crippen LogP contribution in [0.3, 0.4) is 0 Å². The third-order valence-corrected chi connectivity index (χ3v) is 5.77. The van der Waals surface area contributed by atoms with Crippen molar-refractivity contribution in [3.8, 4) is 0 Å². The van der Waals surface area contributed by atoms with Gasteiger partial charge in [0, 0.05) is 0 Å². The number of hydrogen-bond acceptors (Lipinski definition) is 3. The molecule has 2 unspecified atom stereocenters. The summed E-state index contributed by atoms with van der Waals surface area (Å²) in [5, 5.41) is 17.2. The first-order valence-corrected chi connectivity index (χ1v) is 6.03. The van der Waals surface area contributed by atoms with Crippen LogP contribution in [-0.2, 0) is 14.2 Å². The normalized spacial score (nSPS) is 19.9. The summed E-state index contributed by atoms with van der Waals surface area (Å²) in [6.07, 6.45) is 0. The van der Waals surface area contributed by atoms with Crippen LogP contribution in [0.1, 0.15) is 13.8 Å². The van der Waals surface area contributed by atoms with Crippen LogP contribution >= 0.6 is 7.14 Å². The van der Waals surface area contributed by atoms with E-state index in [9.17, 15) is 14.2 Å². The first-order chi connectivity index (χ1) is 5.71. The summed E-state index contributed by atoms with van der Waals surface area (Å²) in [5.41, 5.74) is -2.22. The van der Waals surface area contributed by atoms with Crippen LogP contribution < -0.4 is 0 Å². The van der Waals surface area contributed by atoms with Crippen molar-refractivity contribution < 1.29 is 24.4 Å². The predicted octanol–water partition coefficient (Wildman–Crippen LogP) is 0.926. The molecule has 0 bridgehead atoms. The average Bonchev–Trinajstić information content (AvgIpc) is 2.01. The lowest BCUT2D eigenvalue weighted by molar-refractivity contribution is -0.136. The quantitative estimate of drug-likeness (QED) is 0.670. The summed E-state index contributed by atoms with van der Waals surface area (Å²) in [7, 11) is -3.19. The molecule has 13 heavy (non-hydrogen) atoms. The van der Waals surface area contributed by atoms with Crippen molar-refractivity contribution in [1.29, 1.82) is 0 Å². The Morgan fingerprint density at radius 1 is 1.08 bits per heavy atom. The van der Waals surface area contributed by atoms with E-state index in [1.807, 2.05) is 0 Å². The first-order valence-electron chi connectivity index (χ1n) is 3.73. The molecule has 0 rings (SSSR count). The molecular formula is C7H13O5P. The van der Waals surface area contributed by atoms with Gasteiger partial charge in [-0.2, -0.15) is 0 Å². The molecule has 0 amide bonds. The van der Waals surface area contributed by atoms with Crippen molar-refractivity contribution in [3.05, 3.63) is 0 Å². The van der Waals surface area contributed by atoms with E-state index in [0.29, 0.717) is 0 Å². The minimum absolute atomic E-state index is 1.11. The first kappa shape index (κ1) is 12.2. The Morgan fingerprint density at radius 2 is 1.31 bits per heavy atom. The molecule has 0 aliphatic heterocycles. The van der Waals surface area contributed by atoms with E-state index < -0.39 is 30.4 Å². The van der Waals surface area contributed by atoms with Gasteiger partial charge in [-0.15, -0.1) is 0 Å². The second-order valence-electron chi connectivity index (χ2n) is 3.09. The molecule has 0 aliphatic rings. The van der Waals surface area contributed by atoms with Gasteiger partial charge in [-0.05, 0) is 20.5 Å². The summed E-state index contributed by atoms with van der Waals surface area (Å²) < 4.78 is 11.7. The van der Waals surface area contributed by atoms with Crippen LogP contribution in [0, 0.1) is 0 Å². The molecule has 2 N–H and O–H groups in total. The number of aliphatic carboxylic acids is 2. The van der Waals surface area contributed by atoms with Gasteiger partial charge < -0.3 is 14.8 Å². The van der Waals surface area contributed by atoms with Gasteiger partial charge in [-0.3, -0.25) is 9.59 Å². The van der Waals surface area contributed by atoms with Gasteiger partial charge in [0.25, 0.3) is 0 Å². The van der Waals surface area contributed by atoms with Crippen LogP contribution in [-0.4, -0.2) is 40.1 Å². The van der Waals surface area contributed by atoms with Crippen LogP contribution in [0.5, 0.6) is 0 Å². The van der Waals surface area contributed by atoms with Crippen molar-refractivity contribution in [3.63, 3.8) is 0 Å². The van der Waals surface area contributed by atoms with E-state index in [1.54, 1.807) is 0 Å². The number of carboxylic acid groups (broad SMARTS) is 2. The van der Waals surface area contributed by atoms with E-state index in [4.69, 9.17) is 10.2 Å². The molecule has 0 aromatic carbocycles. The largest absolute Gasteiger partial charge is 0.481 e. The van der Waals surface area contributed by atoms with E-state index in [2.05, 4.69) is 0 Å². The lowest BCUT2D eigenvalue weighted by Gasteiger charge is -2.20. The lowest BCUT2D eigenvalue weighted by Crippen LogP contribution is -2.26. The van der Waals surface area contributed by atoms with Crippen molar-refractivity contribution in [2.24, 2.45) is 0 Å². The average molecular weight is 208 g/mol. The van der Waals surface area contributed by atoms with Crippen molar-refractivity contribution in [2.45, 2.75) is 25.2 Å². The Hall–Kier alpha value is -0.830. The maximum absolute atomic E-state index is 11.7. The molecule has 0 aromatic rings. The van der Waals surface area contributed by atoms with Crippen LogP contribution in [0.15, 0.2) is 0 Å². The molecule has 6 heteroatoms. The molecule has 0 fully saturated rings. The third kappa shape index (κ3) is 2.56. The number of hydrogen-bond donors (Lipinski definition) is 2. The smallest absolute Gasteiger partial charge is 0.313 e. The monoisotopic (exact) mass is 208 g/mol. The fourth-order valence-electron chi connectivity index (χ4n) is 0.774. The van der Waals surface area contributed by atoms with E-state index in [-0.39, 0.29) is 0 Å².